The lowest BCUT2D eigenvalue weighted by Gasteiger charge is -2.49. The van der Waals surface area contributed by atoms with Gasteiger partial charge in [0, 0.05) is 0 Å². The molecule has 0 bridgehead atoms. The molecule has 1 aliphatic heterocycles. The van der Waals surface area contributed by atoms with E-state index in [4.69, 9.17) is 9.47 Å². The van der Waals surface area contributed by atoms with Gasteiger partial charge in [-0.1, -0.05) is 30.3 Å². The average Bonchev–Trinajstić information content (AvgIpc) is 2.41. The predicted molar refractivity (Wildman–Crippen MR) is 79.7 cm³/mol. The first kappa shape index (κ1) is 16.4. The summed E-state index contributed by atoms with van der Waals surface area (Å²) in [5.41, 5.74) is 0.374. The zero-order chi connectivity index (χ0) is 15.6. The minimum atomic E-state index is -1.07. The Hall–Kier alpha value is -0.980. The number of ether oxygens (including phenoxy) is 2. The maximum Gasteiger partial charge on any atom is 0.187 e. The number of likely N-dealkylation sites (N-methyl/N-ethyl adjacent to an activating group) is 1. The van der Waals surface area contributed by atoms with Gasteiger partial charge in [0.05, 0.1) is 18.2 Å². The minimum absolute atomic E-state index is 0.302. The third kappa shape index (κ3) is 3.62. The highest BCUT2D eigenvalue weighted by molar-refractivity contribution is 5.13. The number of hydrogen-bond acceptors (Lipinski definition) is 5. The van der Waals surface area contributed by atoms with Crippen molar-refractivity contribution in [1.82, 2.24) is 4.90 Å². The van der Waals surface area contributed by atoms with E-state index < -0.39 is 24.1 Å². The Kier molecular flexibility index (Phi) is 5.01. The van der Waals surface area contributed by atoms with Crippen LogP contribution in [-0.2, 0) is 16.1 Å². The fourth-order valence-electron chi connectivity index (χ4n) is 3.01. The van der Waals surface area contributed by atoms with Crippen LogP contribution in [0.15, 0.2) is 30.3 Å². The Labute approximate surface area is 126 Å². The summed E-state index contributed by atoms with van der Waals surface area (Å²) in [6.45, 7) is 4.12. The second-order valence-corrected chi connectivity index (χ2v) is 6.28. The number of aliphatic hydroxyl groups is 2. The first-order valence-corrected chi connectivity index (χ1v) is 7.19. The number of aliphatic hydroxyl groups excluding tert-OH is 2. The fourth-order valence-corrected chi connectivity index (χ4v) is 3.01. The molecule has 5 nitrogen and oxygen atoms in total. The summed E-state index contributed by atoms with van der Waals surface area (Å²) in [4.78, 5) is 1.86. The molecule has 1 fully saturated rings. The van der Waals surface area contributed by atoms with Crippen molar-refractivity contribution in [2.75, 3.05) is 14.1 Å². The van der Waals surface area contributed by atoms with Crippen molar-refractivity contribution in [3.63, 3.8) is 0 Å². The van der Waals surface area contributed by atoms with Gasteiger partial charge in [-0.15, -0.1) is 0 Å². The summed E-state index contributed by atoms with van der Waals surface area (Å²) in [6, 6.07) is 9.38. The summed E-state index contributed by atoms with van der Waals surface area (Å²) in [7, 11) is 3.72. The van der Waals surface area contributed by atoms with Gasteiger partial charge >= 0.3 is 0 Å². The standard InChI is InChI=1S/C16H25NO4/c1-16(2)14(17(3)4)12(18)13(19)15(21-16)20-10-11-8-6-5-7-9-11/h5-9,12-15,18-19H,10H2,1-4H3/t12-,13+,14-,15+/m0/s1. The van der Waals surface area contributed by atoms with E-state index in [1.807, 2.05) is 63.2 Å². The average molecular weight is 295 g/mol. The van der Waals surface area contributed by atoms with Crippen LogP contribution in [0.2, 0.25) is 0 Å². The molecule has 0 aliphatic carbocycles. The smallest absolute Gasteiger partial charge is 0.187 e. The van der Waals surface area contributed by atoms with Gasteiger partial charge in [0.15, 0.2) is 6.29 Å². The van der Waals surface area contributed by atoms with E-state index in [0.29, 0.717) is 6.61 Å². The lowest BCUT2D eigenvalue weighted by atomic mass is 9.86. The summed E-state index contributed by atoms with van der Waals surface area (Å²) >= 11 is 0. The maximum absolute atomic E-state index is 10.4. The largest absolute Gasteiger partial charge is 0.388 e. The van der Waals surface area contributed by atoms with Crippen molar-refractivity contribution in [2.24, 2.45) is 0 Å². The van der Waals surface area contributed by atoms with Gasteiger partial charge in [0.25, 0.3) is 0 Å². The van der Waals surface area contributed by atoms with Crippen LogP contribution in [0, 0.1) is 0 Å². The van der Waals surface area contributed by atoms with Crippen molar-refractivity contribution < 1.29 is 19.7 Å². The Bertz CT molecular complexity index is 449. The second kappa shape index (κ2) is 6.42. The Morgan fingerprint density at radius 3 is 2.33 bits per heavy atom. The van der Waals surface area contributed by atoms with Gasteiger partial charge in [0.2, 0.25) is 0 Å². The Morgan fingerprint density at radius 1 is 1.14 bits per heavy atom. The molecule has 5 heteroatoms. The van der Waals surface area contributed by atoms with Gasteiger partial charge < -0.3 is 24.6 Å². The predicted octanol–water partition coefficient (Wildman–Crippen LogP) is 0.990. The number of hydrogen-bond donors (Lipinski definition) is 2. The summed E-state index contributed by atoms with van der Waals surface area (Å²) in [5, 5.41) is 20.6. The van der Waals surface area contributed by atoms with Crippen LogP contribution >= 0.6 is 0 Å². The van der Waals surface area contributed by atoms with E-state index in [0.717, 1.165) is 5.56 Å². The van der Waals surface area contributed by atoms with Crippen molar-refractivity contribution in [2.45, 2.75) is 50.6 Å². The highest BCUT2D eigenvalue weighted by Crippen LogP contribution is 2.32. The number of rotatable bonds is 4. The molecule has 2 rings (SSSR count). The van der Waals surface area contributed by atoms with E-state index in [9.17, 15) is 10.2 Å². The van der Waals surface area contributed by atoms with E-state index in [2.05, 4.69) is 0 Å². The first-order chi connectivity index (χ1) is 9.83. The molecule has 0 spiro atoms. The van der Waals surface area contributed by atoms with Crippen molar-refractivity contribution in [1.29, 1.82) is 0 Å². The first-order valence-electron chi connectivity index (χ1n) is 7.19. The van der Waals surface area contributed by atoms with Gasteiger partial charge in [-0.3, -0.25) is 0 Å². The van der Waals surface area contributed by atoms with Crippen molar-refractivity contribution in [3.8, 4) is 0 Å². The molecule has 4 atom stereocenters. The van der Waals surface area contributed by atoms with Crippen molar-refractivity contribution in [3.05, 3.63) is 35.9 Å². The number of benzene rings is 1. The van der Waals surface area contributed by atoms with Crippen LogP contribution in [0.3, 0.4) is 0 Å². The van der Waals surface area contributed by atoms with Gasteiger partial charge in [-0.2, -0.15) is 0 Å². The number of nitrogens with zero attached hydrogens (tertiary/aromatic N) is 1. The molecule has 21 heavy (non-hydrogen) atoms. The third-order valence-corrected chi connectivity index (χ3v) is 3.90. The van der Waals surface area contributed by atoms with Gasteiger partial charge in [0.1, 0.15) is 12.2 Å². The van der Waals surface area contributed by atoms with E-state index >= 15 is 0 Å². The summed E-state index contributed by atoms with van der Waals surface area (Å²) < 4.78 is 11.5. The maximum atomic E-state index is 10.4. The molecule has 0 amide bonds. The molecule has 1 aromatic rings. The van der Waals surface area contributed by atoms with Gasteiger partial charge in [-0.05, 0) is 33.5 Å². The fraction of sp³-hybridized carbons (Fsp3) is 0.625. The zero-order valence-electron chi connectivity index (χ0n) is 13.1. The molecule has 2 N–H and O–H groups in total. The lowest BCUT2D eigenvalue weighted by molar-refractivity contribution is -0.313. The molecule has 0 unspecified atom stereocenters. The quantitative estimate of drug-likeness (QED) is 0.867. The second-order valence-electron chi connectivity index (χ2n) is 6.28. The zero-order valence-corrected chi connectivity index (χ0v) is 13.1. The summed E-state index contributed by atoms with van der Waals surface area (Å²) in [5.74, 6) is 0. The lowest BCUT2D eigenvalue weighted by Crippen LogP contribution is -2.66. The third-order valence-electron chi connectivity index (χ3n) is 3.90. The van der Waals surface area contributed by atoms with E-state index in [-0.39, 0.29) is 6.04 Å². The van der Waals surface area contributed by atoms with Crippen LogP contribution in [0.1, 0.15) is 19.4 Å². The topological polar surface area (TPSA) is 62.2 Å². The molecular formula is C16H25NO4. The molecule has 0 radical (unpaired) electrons. The Balaban J connectivity index is 2.05. The van der Waals surface area contributed by atoms with Crippen LogP contribution in [0.5, 0.6) is 0 Å². The van der Waals surface area contributed by atoms with E-state index in [1.165, 1.54) is 0 Å². The molecule has 1 aromatic carbocycles. The highest BCUT2D eigenvalue weighted by atomic mass is 16.7. The van der Waals surface area contributed by atoms with Gasteiger partial charge in [-0.25, -0.2) is 0 Å². The SMILES string of the molecule is CN(C)[C@H]1[C@@H](O)[C@@H](O)[C@H](OCc2ccccc2)OC1(C)C. The molecule has 118 valence electrons. The molecule has 0 saturated carbocycles. The molecule has 1 saturated heterocycles. The molecule has 0 aromatic heterocycles. The molecular weight excluding hydrogens is 270 g/mol. The van der Waals surface area contributed by atoms with Crippen LogP contribution in [-0.4, -0.2) is 59.3 Å². The monoisotopic (exact) mass is 295 g/mol. The normalized spacial score (nSPS) is 32.3. The van der Waals surface area contributed by atoms with E-state index in [1.54, 1.807) is 0 Å². The van der Waals surface area contributed by atoms with Crippen LogP contribution < -0.4 is 0 Å². The van der Waals surface area contributed by atoms with Crippen LogP contribution in [0.4, 0.5) is 0 Å². The van der Waals surface area contributed by atoms with Crippen molar-refractivity contribution >= 4 is 0 Å². The minimum Gasteiger partial charge on any atom is -0.388 e. The molecule has 1 heterocycles. The summed E-state index contributed by atoms with van der Waals surface area (Å²) in [6.07, 6.45) is -2.84. The molecule has 1 aliphatic rings. The Morgan fingerprint density at radius 2 is 1.76 bits per heavy atom. The van der Waals surface area contributed by atoms with Crippen LogP contribution in [0.25, 0.3) is 0 Å². The highest BCUT2D eigenvalue weighted by Gasteiger charge is 2.50.